The predicted octanol–water partition coefficient (Wildman–Crippen LogP) is 4.19. The molecule has 1 N–H and O–H groups in total. The van der Waals surface area contributed by atoms with Gasteiger partial charge in [-0.05, 0) is 48.6 Å². The summed E-state index contributed by atoms with van der Waals surface area (Å²) >= 11 is 0. The van der Waals surface area contributed by atoms with E-state index in [-0.39, 0.29) is 12.5 Å². The average molecular weight is 384 g/mol. The second-order valence-electron chi connectivity index (χ2n) is 7.19. The number of benzene rings is 2. The molecule has 2 aromatic heterocycles. The molecule has 1 aliphatic rings. The molecule has 0 amide bonds. The van der Waals surface area contributed by atoms with Gasteiger partial charge >= 0.3 is 5.97 Å². The molecule has 7 nitrogen and oxygen atoms in total. The lowest BCUT2D eigenvalue weighted by molar-refractivity contribution is -0.137. The van der Waals surface area contributed by atoms with Crippen LogP contribution in [-0.4, -0.2) is 25.8 Å². The Labute approximate surface area is 165 Å². The lowest BCUT2D eigenvalue weighted by Gasteiger charge is -2.13. The van der Waals surface area contributed by atoms with E-state index in [1.807, 2.05) is 24.3 Å². The summed E-state index contributed by atoms with van der Waals surface area (Å²) in [5.74, 6) is 0.0113. The lowest BCUT2D eigenvalue weighted by Crippen LogP contribution is -2.09. The van der Waals surface area contributed by atoms with Crippen LogP contribution < -0.4 is 0 Å². The van der Waals surface area contributed by atoms with Crippen LogP contribution in [0.1, 0.15) is 30.1 Å². The summed E-state index contributed by atoms with van der Waals surface area (Å²) in [7, 11) is 0. The zero-order valence-electron chi connectivity index (χ0n) is 15.4. The first kappa shape index (κ1) is 17.2. The van der Waals surface area contributed by atoms with Crippen LogP contribution in [0.25, 0.3) is 33.7 Å². The number of aliphatic carboxylic acids is 1. The fourth-order valence-electron chi connectivity index (χ4n) is 4.06. The van der Waals surface area contributed by atoms with Crippen LogP contribution >= 0.6 is 0 Å². The molecular weight excluding hydrogens is 368 g/mol. The number of aromatic nitrogens is 3. The normalized spacial score (nSPS) is 15.3. The van der Waals surface area contributed by atoms with Crippen molar-refractivity contribution in [2.45, 2.75) is 25.3 Å². The summed E-state index contributed by atoms with van der Waals surface area (Å²) in [6.07, 6.45) is 1.83. The van der Waals surface area contributed by atoms with Gasteiger partial charge in [-0.2, -0.15) is 10.2 Å². The number of carboxylic acid groups (broad SMARTS) is 1. The molecule has 7 heteroatoms. The Kier molecular flexibility index (Phi) is 3.91. The van der Waals surface area contributed by atoms with E-state index in [4.69, 9.17) is 9.78 Å². The molecule has 0 bridgehead atoms. The Bertz CT molecular complexity index is 1300. The minimum Gasteiger partial charge on any atom is -0.481 e. The zero-order valence-corrected chi connectivity index (χ0v) is 15.4. The Hall–Kier alpha value is -3.92. The Balaban J connectivity index is 1.54. The smallest absolute Gasteiger partial charge is 0.305 e. The molecule has 1 unspecified atom stereocenters. The molecule has 5 rings (SSSR count). The molecular formula is C22H16N4O3. The van der Waals surface area contributed by atoms with Crippen LogP contribution in [-0.2, 0) is 11.2 Å². The number of aryl methyl sites for hydroxylation is 1. The molecule has 2 aromatic carbocycles. The standard InChI is InChI=1S/C22H16N4O3/c23-12-13-2-1-3-16(8-13)22-24-21(25-29-22)15-5-4-14-9-17-6-7-18(11-20(27)28)26(17)19(14)10-15/h1-5,8-10,18H,6-7,11H2,(H,27,28). The fraction of sp³-hybridized carbons (Fsp3) is 0.182. The zero-order chi connectivity index (χ0) is 20.0. The molecule has 0 spiro atoms. The highest BCUT2D eigenvalue weighted by molar-refractivity contribution is 5.86. The maximum absolute atomic E-state index is 11.2. The van der Waals surface area contributed by atoms with Gasteiger partial charge in [-0.25, -0.2) is 0 Å². The van der Waals surface area contributed by atoms with Crippen molar-refractivity contribution in [3.8, 4) is 28.9 Å². The summed E-state index contributed by atoms with van der Waals surface area (Å²) in [4.78, 5) is 15.7. The third-order valence-electron chi connectivity index (χ3n) is 5.35. The van der Waals surface area contributed by atoms with Gasteiger partial charge in [0.1, 0.15) is 0 Å². The molecule has 0 saturated heterocycles. The van der Waals surface area contributed by atoms with Crippen LogP contribution in [0, 0.1) is 11.3 Å². The van der Waals surface area contributed by atoms with Gasteiger partial charge in [0.25, 0.3) is 5.89 Å². The Morgan fingerprint density at radius 1 is 1.24 bits per heavy atom. The number of carbonyl (C=O) groups is 1. The largest absolute Gasteiger partial charge is 0.481 e. The van der Waals surface area contributed by atoms with E-state index in [9.17, 15) is 9.90 Å². The molecule has 1 atom stereocenters. The summed E-state index contributed by atoms with van der Waals surface area (Å²) in [5, 5.41) is 23.5. The first-order chi connectivity index (χ1) is 14.1. The van der Waals surface area contributed by atoms with Crippen molar-refractivity contribution in [2.75, 3.05) is 0 Å². The van der Waals surface area contributed by atoms with Gasteiger partial charge < -0.3 is 14.2 Å². The highest BCUT2D eigenvalue weighted by Gasteiger charge is 2.26. The summed E-state index contributed by atoms with van der Waals surface area (Å²) in [6.45, 7) is 0. The molecule has 1 aliphatic heterocycles. The van der Waals surface area contributed by atoms with E-state index in [1.165, 1.54) is 0 Å². The molecule has 0 saturated carbocycles. The van der Waals surface area contributed by atoms with E-state index < -0.39 is 5.97 Å². The van der Waals surface area contributed by atoms with Crippen LogP contribution in [0.5, 0.6) is 0 Å². The third-order valence-corrected chi connectivity index (χ3v) is 5.35. The summed E-state index contributed by atoms with van der Waals surface area (Å²) < 4.78 is 7.54. The summed E-state index contributed by atoms with van der Waals surface area (Å²) in [5.41, 5.74) is 4.15. The van der Waals surface area contributed by atoms with Crippen LogP contribution in [0.15, 0.2) is 53.1 Å². The Morgan fingerprint density at radius 3 is 2.97 bits per heavy atom. The maximum atomic E-state index is 11.2. The van der Waals surface area contributed by atoms with Gasteiger partial charge in [0, 0.05) is 28.4 Å². The SMILES string of the molecule is N#Cc1cccc(-c2nc(-c3ccc4cc5n(c4c3)C(CC(=O)O)CC5)no2)c1. The van der Waals surface area contributed by atoms with E-state index in [2.05, 4.69) is 26.8 Å². The van der Waals surface area contributed by atoms with Gasteiger partial charge in [-0.3, -0.25) is 4.79 Å². The molecule has 0 aliphatic carbocycles. The quantitative estimate of drug-likeness (QED) is 0.565. The number of fused-ring (bicyclic) bond motifs is 3. The van der Waals surface area contributed by atoms with Gasteiger partial charge in [0.05, 0.1) is 18.1 Å². The highest BCUT2D eigenvalue weighted by atomic mass is 16.5. The third kappa shape index (κ3) is 2.95. The van der Waals surface area contributed by atoms with E-state index in [1.54, 1.807) is 18.2 Å². The molecule has 4 aromatic rings. The second kappa shape index (κ2) is 6.60. The molecule has 142 valence electrons. The van der Waals surface area contributed by atoms with Crippen molar-refractivity contribution in [2.24, 2.45) is 0 Å². The molecule has 29 heavy (non-hydrogen) atoms. The summed E-state index contributed by atoms with van der Waals surface area (Å²) in [6, 6.07) is 17.1. The number of nitrogens with zero attached hydrogens (tertiary/aromatic N) is 4. The van der Waals surface area contributed by atoms with Crippen LogP contribution in [0.4, 0.5) is 0 Å². The van der Waals surface area contributed by atoms with Gasteiger partial charge in [0.15, 0.2) is 0 Å². The van der Waals surface area contributed by atoms with Crippen LogP contribution in [0.3, 0.4) is 0 Å². The number of hydrogen-bond acceptors (Lipinski definition) is 5. The van der Waals surface area contributed by atoms with E-state index in [0.29, 0.717) is 22.8 Å². The fourth-order valence-corrected chi connectivity index (χ4v) is 4.06. The number of rotatable bonds is 4. The van der Waals surface area contributed by atoms with Crippen molar-refractivity contribution in [1.82, 2.24) is 14.7 Å². The minimum absolute atomic E-state index is 0.0372. The number of nitriles is 1. The van der Waals surface area contributed by atoms with Crippen molar-refractivity contribution >= 4 is 16.9 Å². The van der Waals surface area contributed by atoms with E-state index >= 15 is 0 Å². The molecule has 3 heterocycles. The van der Waals surface area contributed by atoms with Gasteiger partial charge in [0.2, 0.25) is 5.82 Å². The predicted molar refractivity (Wildman–Crippen MR) is 105 cm³/mol. The van der Waals surface area contributed by atoms with E-state index in [0.717, 1.165) is 35.0 Å². The van der Waals surface area contributed by atoms with Crippen molar-refractivity contribution < 1.29 is 14.4 Å². The average Bonchev–Trinajstić information content (AvgIpc) is 3.43. The molecule has 0 radical (unpaired) electrons. The first-order valence-electron chi connectivity index (χ1n) is 9.32. The van der Waals surface area contributed by atoms with Gasteiger partial charge in [-0.15, -0.1) is 0 Å². The van der Waals surface area contributed by atoms with Crippen LogP contribution in [0.2, 0.25) is 0 Å². The van der Waals surface area contributed by atoms with Crippen molar-refractivity contribution in [3.63, 3.8) is 0 Å². The second-order valence-corrected chi connectivity index (χ2v) is 7.19. The molecule has 0 fully saturated rings. The monoisotopic (exact) mass is 384 g/mol. The minimum atomic E-state index is -0.789. The number of carboxylic acids is 1. The first-order valence-corrected chi connectivity index (χ1v) is 9.32. The maximum Gasteiger partial charge on any atom is 0.305 e. The number of hydrogen-bond donors (Lipinski definition) is 1. The highest BCUT2D eigenvalue weighted by Crippen LogP contribution is 2.36. The lowest BCUT2D eigenvalue weighted by atomic mass is 10.1. The van der Waals surface area contributed by atoms with Crippen molar-refractivity contribution in [3.05, 3.63) is 59.8 Å². The Morgan fingerprint density at radius 2 is 2.14 bits per heavy atom. The van der Waals surface area contributed by atoms with Gasteiger partial charge in [-0.1, -0.05) is 23.4 Å². The van der Waals surface area contributed by atoms with Crippen molar-refractivity contribution in [1.29, 1.82) is 5.26 Å². The topological polar surface area (TPSA) is 105 Å².